The van der Waals surface area contributed by atoms with Gasteiger partial charge in [0, 0.05) is 16.9 Å². The minimum atomic E-state index is -0.00659. The molecule has 0 fully saturated rings. The third-order valence-corrected chi connectivity index (χ3v) is 2.17. The van der Waals surface area contributed by atoms with Crippen LogP contribution in [0.1, 0.15) is 62.3 Å². The van der Waals surface area contributed by atoms with Gasteiger partial charge >= 0.3 is 0 Å². The van der Waals surface area contributed by atoms with E-state index in [1.807, 2.05) is 0 Å². The topological polar surface area (TPSA) is 24.4 Å². The maximum Gasteiger partial charge on any atom is 0.0527 e. The molecular weight excluding hydrogens is 196 g/mol. The fraction of sp³-hybridized carbons (Fsp3) is 0.786. The lowest BCUT2D eigenvalue weighted by Gasteiger charge is -2.24. The van der Waals surface area contributed by atoms with Crippen LogP contribution in [0.15, 0.2) is 16.3 Å². The predicted octanol–water partition coefficient (Wildman–Crippen LogP) is 3.93. The van der Waals surface area contributed by atoms with Gasteiger partial charge in [-0.1, -0.05) is 0 Å². The van der Waals surface area contributed by atoms with E-state index >= 15 is 0 Å². The third kappa shape index (κ3) is 6.65. The van der Waals surface area contributed by atoms with Crippen molar-refractivity contribution in [2.45, 2.75) is 73.4 Å². The molecule has 0 rings (SSSR count). The smallest absolute Gasteiger partial charge is 0.0527 e. The lowest BCUT2D eigenvalue weighted by atomic mass is 10.0. The molecule has 0 unspecified atom stereocenters. The summed E-state index contributed by atoms with van der Waals surface area (Å²) in [5.41, 5.74) is 3.66. The van der Waals surface area contributed by atoms with Crippen LogP contribution in [0.25, 0.3) is 0 Å². The van der Waals surface area contributed by atoms with Crippen molar-refractivity contribution in [3.05, 3.63) is 11.3 Å². The second-order valence-corrected chi connectivity index (χ2v) is 6.49. The second-order valence-electron chi connectivity index (χ2n) is 6.49. The largest absolute Gasteiger partial charge is 0.384 e. The number of allylic oxidation sites excluding steroid dienone is 2. The molecule has 0 radical (unpaired) electrons. The SMILES string of the molecule is CC(=NC(C)(C)C)/C(C)=C(/C)NC(C)(C)C. The fourth-order valence-electron chi connectivity index (χ4n) is 1.51. The number of nitrogens with zero attached hydrogens (tertiary/aromatic N) is 1. The summed E-state index contributed by atoms with van der Waals surface area (Å²) in [6, 6.07) is 0. The molecule has 0 saturated heterocycles. The van der Waals surface area contributed by atoms with Crippen molar-refractivity contribution in [3.8, 4) is 0 Å². The van der Waals surface area contributed by atoms with E-state index in [4.69, 9.17) is 0 Å². The molecule has 0 aromatic heterocycles. The van der Waals surface area contributed by atoms with Gasteiger partial charge in [-0.25, -0.2) is 0 Å². The Morgan fingerprint density at radius 2 is 1.31 bits per heavy atom. The molecule has 0 bridgehead atoms. The summed E-state index contributed by atoms with van der Waals surface area (Å²) < 4.78 is 0. The first-order valence-electron chi connectivity index (χ1n) is 5.95. The first kappa shape index (κ1) is 15.2. The molecular formula is C14H28N2. The highest BCUT2D eigenvalue weighted by molar-refractivity contribution is 5.98. The van der Waals surface area contributed by atoms with Gasteiger partial charge in [-0.05, 0) is 67.9 Å². The number of rotatable bonds is 2. The van der Waals surface area contributed by atoms with Gasteiger partial charge in [0.15, 0.2) is 0 Å². The molecule has 0 aromatic carbocycles. The molecule has 0 saturated carbocycles. The highest BCUT2D eigenvalue weighted by atomic mass is 15.0. The van der Waals surface area contributed by atoms with Crippen LogP contribution in [-0.4, -0.2) is 16.8 Å². The zero-order valence-electron chi connectivity index (χ0n) is 12.4. The van der Waals surface area contributed by atoms with E-state index in [1.165, 1.54) is 11.3 Å². The van der Waals surface area contributed by atoms with Crippen LogP contribution >= 0.6 is 0 Å². The summed E-state index contributed by atoms with van der Waals surface area (Å²) in [6.45, 7) is 19.2. The zero-order chi connectivity index (χ0) is 13.1. The highest BCUT2D eigenvalue weighted by Crippen LogP contribution is 2.13. The lowest BCUT2D eigenvalue weighted by Crippen LogP contribution is -2.35. The Morgan fingerprint density at radius 1 is 0.875 bits per heavy atom. The molecule has 0 aliphatic carbocycles. The van der Waals surface area contributed by atoms with Gasteiger partial charge in [-0.2, -0.15) is 0 Å². The predicted molar refractivity (Wildman–Crippen MR) is 74.1 cm³/mol. The van der Waals surface area contributed by atoms with E-state index in [0.717, 1.165) is 5.71 Å². The first-order valence-corrected chi connectivity index (χ1v) is 5.95. The molecule has 0 aromatic rings. The lowest BCUT2D eigenvalue weighted by molar-refractivity contribution is 0.472. The standard InChI is InChI=1S/C14H28N2/c1-10(11(2)15-13(4,5)6)12(3)16-14(7,8)9/h15H,1-9H3/b11-10-,16-12?. The van der Waals surface area contributed by atoms with Crippen LogP contribution in [0.4, 0.5) is 0 Å². The average molecular weight is 224 g/mol. The quantitative estimate of drug-likeness (QED) is 0.706. The zero-order valence-corrected chi connectivity index (χ0v) is 12.4. The Balaban J connectivity index is 4.97. The van der Waals surface area contributed by atoms with E-state index in [1.54, 1.807) is 0 Å². The normalized spacial score (nSPS) is 15.9. The van der Waals surface area contributed by atoms with Crippen molar-refractivity contribution in [1.29, 1.82) is 0 Å². The molecule has 1 N–H and O–H groups in total. The number of hydrogen-bond acceptors (Lipinski definition) is 2. The summed E-state index contributed by atoms with van der Waals surface area (Å²) in [5.74, 6) is 0. The molecule has 16 heavy (non-hydrogen) atoms. The Hall–Kier alpha value is -0.790. The van der Waals surface area contributed by atoms with Gasteiger partial charge < -0.3 is 5.32 Å². The summed E-state index contributed by atoms with van der Waals surface area (Å²) in [4.78, 5) is 4.68. The van der Waals surface area contributed by atoms with E-state index in [2.05, 4.69) is 72.6 Å². The van der Waals surface area contributed by atoms with Crippen molar-refractivity contribution in [3.63, 3.8) is 0 Å². The summed E-state index contributed by atoms with van der Waals surface area (Å²) in [6.07, 6.45) is 0. The monoisotopic (exact) mass is 224 g/mol. The van der Waals surface area contributed by atoms with Gasteiger partial charge in [0.05, 0.1) is 5.54 Å². The van der Waals surface area contributed by atoms with Crippen molar-refractivity contribution in [1.82, 2.24) is 5.32 Å². The van der Waals surface area contributed by atoms with Gasteiger partial charge in [0.25, 0.3) is 0 Å². The minimum absolute atomic E-state index is 0.00659. The Bertz CT molecular complexity index is 296. The van der Waals surface area contributed by atoms with Crippen molar-refractivity contribution in [2.24, 2.45) is 4.99 Å². The third-order valence-electron chi connectivity index (χ3n) is 2.17. The first-order chi connectivity index (χ1) is 6.92. The molecule has 0 atom stereocenters. The van der Waals surface area contributed by atoms with Gasteiger partial charge in [-0.15, -0.1) is 0 Å². The highest BCUT2D eigenvalue weighted by Gasteiger charge is 2.13. The van der Waals surface area contributed by atoms with E-state index < -0.39 is 0 Å². The van der Waals surface area contributed by atoms with Gasteiger partial charge in [0.2, 0.25) is 0 Å². The van der Waals surface area contributed by atoms with Gasteiger partial charge in [0.1, 0.15) is 0 Å². The van der Waals surface area contributed by atoms with Crippen LogP contribution in [0.3, 0.4) is 0 Å². The fourth-order valence-corrected chi connectivity index (χ4v) is 1.51. The molecule has 0 spiro atoms. The van der Waals surface area contributed by atoms with Crippen molar-refractivity contribution in [2.75, 3.05) is 0 Å². The van der Waals surface area contributed by atoms with E-state index in [0.29, 0.717) is 0 Å². The van der Waals surface area contributed by atoms with Crippen LogP contribution in [0.5, 0.6) is 0 Å². The minimum Gasteiger partial charge on any atom is -0.384 e. The van der Waals surface area contributed by atoms with Crippen molar-refractivity contribution >= 4 is 5.71 Å². The molecule has 0 amide bonds. The number of aliphatic imine (C=N–C) groups is 1. The van der Waals surface area contributed by atoms with Crippen LogP contribution in [0, 0.1) is 0 Å². The van der Waals surface area contributed by atoms with E-state index in [-0.39, 0.29) is 11.1 Å². The average Bonchev–Trinajstić information content (AvgIpc) is 1.96. The summed E-state index contributed by atoms with van der Waals surface area (Å²) >= 11 is 0. The summed E-state index contributed by atoms with van der Waals surface area (Å²) in [7, 11) is 0. The number of nitrogens with one attached hydrogen (secondary N) is 1. The maximum atomic E-state index is 4.68. The molecule has 94 valence electrons. The molecule has 0 aliphatic heterocycles. The molecule has 0 aliphatic rings. The second kappa shape index (κ2) is 5.03. The molecule has 2 heteroatoms. The van der Waals surface area contributed by atoms with Crippen LogP contribution in [0.2, 0.25) is 0 Å². The molecule has 0 heterocycles. The summed E-state index contributed by atoms with van der Waals surface area (Å²) in [5, 5.41) is 3.48. The Kier molecular flexibility index (Phi) is 4.78. The Labute approximate surface area is 101 Å². The number of hydrogen-bond donors (Lipinski definition) is 1. The maximum absolute atomic E-state index is 4.68. The van der Waals surface area contributed by atoms with Crippen molar-refractivity contribution < 1.29 is 0 Å². The van der Waals surface area contributed by atoms with Crippen LogP contribution in [-0.2, 0) is 0 Å². The van der Waals surface area contributed by atoms with E-state index in [9.17, 15) is 0 Å². The molecule has 2 nitrogen and oxygen atoms in total. The van der Waals surface area contributed by atoms with Crippen LogP contribution < -0.4 is 5.32 Å². The Morgan fingerprint density at radius 3 is 1.62 bits per heavy atom. The van der Waals surface area contributed by atoms with Gasteiger partial charge in [-0.3, -0.25) is 4.99 Å².